The average molecular weight is 219 g/mol. The minimum atomic E-state index is -1.20. The maximum absolute atomic E-state index is 9.55. The van der Waals surface area contributed by atoms with Crippen LogP contribution in [0.25, 0.3) is 0 Å². The first kappa shape index (κ1) is 12.6. The van der Waals surface area contributed by atoms with Gasteiger partial charge in [0.25, 0.3) is 0 Å². The summed E-state index contributed by atoms with van der Waals surface area (Å²) in [5, 5.41) is 27.9. The predicted molar refractivity (Wildman–Crippen MR) is 51.9 cm³/mol. The Morgan fingerprint density at radius 3 is 2.60 bits per heavy atom. The van der Waals surface area contributed by atoms with Gasteiger partial charge in [-0.05, 0) is 0 Å². The van der Waals surface area contributed by atoms with Gasteiger partial charge in [0.1, 0.15) is 18.3 Å². The second-order valence-corrected chi connectivity index (χ2v) is 3.41. The van der Waals surface area contributed by atoms with Gasteiger partial charge in [-0.2, -0.15) is 0 Å². The van der Waals surface area contributed by atoms with Crippen LogP contribution in [0.2, 0.25) is 0 Å². The molecule has 1 aliphatic rings. The number of rotatable bonds is 4. The van der Waals surface area contributed by atoms with Crippen LogP contribution in [-0.2, 0) is 9.47 Å². The third kappa shape index (κ3) is 2.75. The molecule has 15 heavy (non-hydrogen) atoms. The van der Waals surface area contributed by atoms with Gasteiger partial charge >= 0.3 is 0 Å². The van der Waals surface area contributed by atoms with Crippen molar-refractivity contribution in [2.45, 2.75) is 30.6 Å². The molecule has 88 valence electrons. The molecule has 1 fully saturated rings. The van der Waals surface area contributed by atoms with Crippen LogP contribution < -0.4 is 5.73 Å². The summed E-state index contributed by atoms with van der Waals surface area (Å²) in [4.78, 5) is 0. The van der Waals surface area contributed by atoms with E-state index in [2.05, 4.69) is 6.58 Å². The van der Waals surface area contributed by atoms with Crippen molar-refractivity contribution in [1.82, 2.24) is 0 Å². The van der Waals surface area contributed by atoms with Crippen molar-refractivity contribution in [3.8, 4) is 0 Å². The Kier molecular flexibility index (Phi) is 4.65. The van der Waals surface area contributed by atoms with E-state index in [0.29, 0.717) is 0 Å². The normalized spacial score (nSPS) is 41.5. The zero-order chi connectivity index (χ0) is 11.4. The summed E-state index contributed by atoms with van der Waals surface area (Å²) in [7, 11) is 0. The summed E-state index contributed by atoms with van der Waals surface area (Å²) in [6.45, 7) is 3.28. The lowest BCUT2D eigenvalue weighted by atomic mass is 9.98. The van der Waals surface area contributed by atoms with Crippen molar-refractivity contribution >= 4 is 0 Å². The summed E-state index contributed by atoms with van der Waals surface area (Å²) >= 11 is 0. The molecule has 6 heteroatoms. The van der Waals surface area contributed by atoms with Crippen LogP contribution in [0.5, 0.6) is 0 Å². The smallest absolute Gasteiger partial charge is 0.176 e. The molecule has 5 atom stereocenters. The standard InChI is InChI=1S/C9H17NO5/c1-2-3-14-9-6(10)8(13)7(12)5(4-11)15-9/h2,5-9,11-13H,1,3-4,10H2/t5?,6?,7-,8?,9-/m1/s1. The van der Waals surface area contributed by atoms with E-state index in [1.54, 1.807) is 0 Å². The molecule has 1 rings (SSSR count). The van der Waals surface area contributed by atoms with E-state index in [-0.39, 0.29) is 6.61 Å². The van der Waals surface area contributed by atoms with E-state index in [1.165, 1.54) is 6.08 Å². The highest BCUT2D eigenvalue weighted by Crippen LogP contribution is 2.20. The molecule has 0 saturated carbocycles. The molecule has 1 aliphatic heterocycles. The Hall–Kier alpha value is -0.500. The second-order valence-electron chi connectivity index (χ2n) is 3.41. The summed E-state index contributed by atoms with van der Waals surface area (Å²) in [5.74, 6) is 0. The topological polar surface area (TPSA) is 105 Å². The predicted octanol–water partition coefficient (Wildman–Crippen LogP) is -2.04. The molecule has 6 nitrogen and oxygen atoms in total. The fourth-order valence-electron chi connectivity index (χ4n) is 1.42. The van der Waals surface area contributed by atoms with Gasteiger partial charge < -0.3 is 30.5 Å². The second kappa shape index (κ2) is 5.55. The number of aliphatic hydroxyl groups excluding tert-OH is 3. The molecular weight excluding hydrogens is 202 g/mol. The third-order valence-electron chi connectivity index (χ3n) is 2.31. The Morgan fingerprint density at radius 1 is 1.40 bits per heavy atom. The number of ether oxygens (including phenoxy) is 2. The molecule has 1 saturated heterocycles. The summed E-state index contributed by atoms with van der Waals surface area (Å²) < 4.78 is 10.3. The first-order valence-electron chi connectivity index (χ1n) is 4.72. The van der Waals surface area contributed by atoms with Crippen molar-refractivity contribution in [2.24, 2.45) is 5.73 Å². The molecule has 0 aromatic carbocycles. The van der Waals surface area contributed by atoms with Crippen molar-refractivity contribution < 1.29 is 24.8 Å². The Balaban J connectivity index is 2.60. The van der Waals surface area contributed by atoms with Crippen LogP contribution in [0.15, 0.2) is 12.7 Å². The zero-order valence-electron chi connectivity index (χ0n) is 8.32. The van der Waals surface area contributed by atoms with Gasteiger partial charge in [-0.1, -0.05) is 6.08 Å². The van der Waals surface area contributed by atoms with Crippen molar-refractivity contribution in [3.63, 3.8) is 0 Å². The Labute approximate surface area is 87.9 Å². The quantitative estimate of drug-likeness (QED) is 0.406. The van der Waals surface area contributed by atoms with Crippen LogP contribution in [0.1, 0.15) is 0 Å². The Morgan fingerprint density at radius 2 is 2.07 bits per heavy atom. The summed E-state index contributed by atoms with van der Waals surface area (Å²) in [6, 6.07) is -0.845. The highest BCUT2D eigenvalue weighted by molar-refractivity contribution is 4.91. The van der Waals surface area contributed by atoms with E-state index < -0.39 is 37.3 Å². The fourth-order valence-corrected chi connectivity index (χ4v) is 1.42. The first-order chi connectivity index (χ1) is 7.11. The molecular formula is C9H17NO5. The van der Waals surface area contributed by atoms with Gasteiger partial charge in [-0.15, -0.1) is 6.58 Å². The summed E-state index contributed by atoms with van der Waals surface area (Å²) in [6.07, 6.45) is -2.59. The lowest BCUT2D eigenvalue weighted by Crippen LogP contribution is -2.62. The van der Waals surface area contributed by atoms with Crippen LogP contribution in [-0.4, -0.2) is 59.2 Å². The van der Waals surface area contributed by atoms with Gasteiger partial charge in [-0.25, -0.2) is 0 Å². The van der Waals surface area contributed by atoms with Gasteiger partial charge in [0.2, 0.25) is 0 Å². The maximum atomic E-state index is 9.55. The van der Waals surface area contributed by atoms with E-state index in [0.717, 1.165) is 0 Å². The number of hydrogen-bond acceptors (Lipinski definition) is 6. The van der Waals surface area contributed by atoms with E-state index >= 15 is 0 Å². The minimum absolute atomic E-state index is 0.222. The molecule has 0 bridgehead atoms. The van der Waals surface area contributed by atoms with Gasteiger partial charge in [0, 0.05) is 0 Å². The van der Waals surface area contributed by atoms with E-state index in [1.807, 2.05) is 0 Å². The highest BCUT2D eigenvalue weighted by Gasteiger charge is 2.42. The zero-order valence-corrected chi connectivity index (χ0v) is 8.32. The molecule has 3 unspecified atom stereocenters. The highest BCUT2D eigenvalue weighted by atomic mass is 16.7. The van der Waals surface area contributed by atoms with E-state index in [4.69, 9.17) is 20.3 Å². The summed E-state index contributed by atoms with van der Waals surface area (Å²) in [5.41, 5.74) is 5.59. The van der Waals surface area contributed by atoms with Crippen LogP contribution in [0.3, 0.4) is 0 Å². The van der Waals surface area contributed by atoms with Gasteiger partial charge in [0.15, 0.2) is 6.29 Å². The average Bonchev–Trinajstić information content (AvgIpc) is 2.25. The lowest BCUT2D eigenvalue weighted by molar-refractivity contribution is -0.262. The molecule has 0 aromatic heterocycles. The van der Waals surface area contributed by atoms with Crippen molar-refractivity contribution in [2.75, 3.05) is 13.2 Å². The van der Waals surface area contributed by atoms with Gasteiger partial charge in [-0.3, -0.25) is 0 Å². The van der Waals surface area contributed by atoms with Crippen molar-refractivity contribution in [3.05, 3.63) is 12.7 Å². The van der Waals surface area contributed by atoms with Crippen LogP contribution in [0.4, 0.5) is 0 Å². The van der Waals surface area contributed by atoms with Gasteiger partial charge in [0.05, 0.1) is 19.3 Å². The largest absolute Gasteiger partial charge is 0.394 e. The molecule has 0 spiro atoms. The number of hydrogen-bond donors (Lipinski definition) is 4. The molecule has 0 radical (unpaired) electrons. The SMILES string of the molecule is C=CCO[C@@H]1OC(CO)[C@@H](O)C(O)C1N. The molecule has 0 aromatic rings. The van der Waals surface area contributed by atoms with E-state index in [9.17, 15) is 10.2 Å². The monoisotopic (exact) mass is 219 g/mol. The first-order valence-corrected chi connectivity index (χ1v) is 4.72. The molecule has 0 amide bonds. The van der Waals surface area contributed by atoms with Crippen LogP contribution in [0, 0.1) is 0 Å². The minimum Gasteiger partial charge on any atom is -0.394 e. The Bertz CT molecular complexity index is 211. The molecule has 5 N–H and O–H groups in total. The van der Waals surface area contributed by atoms with Crippen molar-refractivity contribution in [1.29, 1.82) is 0 Å². The molecule has 1 heterocycles. The molecule has 0 aliphatic carbocycles. The number of nitrogens with two attached hydrogens (primary N) is 1. The maximum Gasteiger partial charge on any atom is 0.176 e. The lowest BCUT2D eigenvalue weighted by Gasteiger charge is -2.40. The number of aliphatic hydroxyl groups is 3. The fraction of sp³-hybridized carbons (Fsp3) is 0.778. The van der Waals surface area contributed by atoms with Crippen LogP contribution >= 0.6 is 0 Å². The third-order valence-corrected chi connectivity index (χ3v) is 2.31.